The summed E-state index contributed by atoms with van der Waals surface area (Å²) in [6.07, 6.45) is 1.54. The van der Waals surface area contributed by atoms with Gasteiger partial charge in [-0.15, -0.1) is 0 Å². The number of rotatable bonds is 5. The molecule has 0 aromatic heterocycles. The number of para-hydroxylation sites is 1. The molecule has 3 heterocycles. The van der Waals surface area contributed by atoms with E-state index >= 15 is 0 Å². The van der Waals surface area contributed by atoms with Crippen LogP contribution in [0.25, 0.3) is 0 Å². The Morgan fingerprint density at radius 3 is 2.54 bits per heavy atom. The first-order chi connectivity index (χ1) is 17.8. The predicted molar refractivity (Wildman–Crippen MR) is 137 cm³/mol. The molecule has 1 spiro atoms. The van der Waals surface area contributed by atoms with Crippen LogP contribution >= 0.6 is 23.2 Å². The molecule has 0 aliphatic carbocycles. The highest BCUT2D eigenvalue weighted by Gasteiger charge is 2.73. The van der Waals surface area contributed by atoms with Crippen LogP contribution in [-0.2, 0) is 16.9 Å². The highest BCUT2D eigenvalue weighted by molar-refractivity contribution is 6.37. The van der Waals surface area contributed by atoms with E-state index in [-0.39, 0.29) is 45.1 Å². The summed E-state index contributed by atoms with van der Waals surface area (Å²) in [4.78, 5) is 28.0. The van der Waals surface area contributed by atoms with Crippen molar-refractivity contribution in [3.8, 4) is 5.75 Å². The standard InChI is InChI=1S/C27H22Cl2FN3O4/c28-19-12-16(13-20(29)24(19)37-14-15-7-9-17(30)10-8-15)23-22-6-3-11-32(22)27(25(23)33(35)36)18-4-1-2-5-21(18)31-26(27)34/h1-2,4-5,7-10,12-13,22-23,25H,3,6,11,14H2,(H,31,34)/t22-,23+,25+,27-/m0/s1. The lowest BCUT2D eigenvalue weighted by Crippen LogP contribution is -2.55. The van der Waals surface area contributed by atoms with Crippen molar-refractivity contribution in [1.29, 1.82) is 0 Å². The number of ether oxygens (including phenoxy) is 1. The number of anilines is 1. The number of nitrogens with zero attached hydrogens (tertiary/aromatic N) is 2. The van der Waals surface area contributed by atoms with Gasteiger partial charge in [-0.3, -0.25) is 19.8 Å². The maximum Gasteiger partial charge on any atom is 0.256 e. The van der Waals surface area contributed by atoms with Gasteiger partial charge in [0.25, 0.3) is 11.9 Å². The highest BCUT2D eigenvalue weighted by Crippen LogP contribution is 2.58. The molecule has 3 aromatic carbocycles. The van der Waals surface area contributed by atoms with Gasteiger partial charge in [-0.2, -0.15) is 0 Å². The van der Waals surface area contributed by atoms with Crippen molar-refractivity contribution in [3.05, 3.63) is 103 Å². The molecule has 6 rings (SSSR count). The van der Waals surface area contributed by atoms with Gasteiger partial charge in [0, 0.05) is 28.8 Å². The first kappa shape index (κ1) is 24.2. The van der Waals surface area contributed by atoms with Crippen LogP contribution in [0.15, 0.2) is 60.7 Å². The van der Waals surface area contributed by atoms with E-state index in [1.54, 1.807) is 48.5 Å². The molecule has 10 heteroatoms. The number of nitrogens with one attached hydrogen (secondary N) is 1. The monoisotopic (exact) mass is 541 g/mol. The Hall–Kier alpha value is -3.20. The minimum atomic E-state index is -1.41. The molecule has 3 aliphatic rings. The number of benzene rings is 3. The van der Waals surface area contributed by atoms with Crippen molar-refractivity contribution in [2.75, 3.05) is 11.9 Å². The average molecular weight is 542 g/mol. The van der Waals surface area contributed by atoms with Crippen LogP contribution in [0.3, 0.4) is 0 Å². The van der Waals surface area contributed by atoms with Crippen molar-refractivity contribution >= 4 is 34.8 Å². The molecule has 0 saturated carbocycles. The van der Waals surface area contributed by atoms with Crippen LogP contribution in [0.2, 0.25) is 10.0 Å². The van der Waals surface area contributed by atoms with E-state index < -0.39 is 17.5 Å². The first-order valence-electron chi connectivity index (χ1n) is 12.0. The molecule has 0 radical (unpaired) electrons. The van der Waals surface area contributed by atoms with Crippen LogP contribution in [0, 0.1) is 15.9 Å². The molecule has 1 N–H and O–H groups in total. The van der Waals surface area contributed by atoms with Crippen molar-refractivity contribution in [2.45, 2.75) is 43.0 Å². The smallest absolute Gasteiger partial charge is 0.256 e. The van der Waals surface area contributed by atoms with Crippen molar-refractivity contribution in [1.82, 2.24) is 4.90 Å². The van der Waals surface area contributed by atoms with Crippen LogP contribution < -0.4 is 10.1 Å². The van der Waals surface area contributed by atoms with Gasteiger partial charge in [0.15, 0.2) is 11.3 Å². The molecule has 3 aliphatic heterocycles. The van der Waals surface area contributed by atoms with Crippen LogP contribution in [-0.4, -0.2) is 34.4 Å². The Morgan fingerprint density at radius 1 is 1.14 bits per heavy atom. The summed E-state index contributed by atoms with van der Waals surface area (Å²) in [5, 5.41) is 16.1. The molecule has 7 nitrogen and oxygen atoms in total. The van der Waals surface area contributed by atoms with E-state index in [0.717, 1.165) is 12.0 Å². The molecule has 37 heavy (non-hydrogen) atoms. The third kappa shape index (κ3) is 3.61. The van der Waals surface area contributed by atoms with Gasteiger partial charge in [0.05, 0.1) is 16.0 Å². The second-order valence-corrected chi connectivity index (χ2v) is 10.5. The van der Waals surface area contributed by atoms with Crippen LogP contribution in [0.1, 0.15) is 35.4 Å². The maximum absolute atomic E-state index is 13.6. The molecular formula is C27H22Cl2FN3O4. The third-order valence-electron chi connectivity index (χ3n) is 7.80. The summed E-state index contributed by atoms with van der Waals surface area (Å²) in [5.74, 6) is -1.09. The fourth-order valence-electron chi connectivity index (χ4n) is 6.42. The fourth-order valence-corrected chi connectivity index (χ4v) is 7.03. The van der Waals surface area contributed by atoms with Crippen molar-refractivity contribution in [2.24, 2.45) is 0 Å². The lowest BCUT2D eigenvalue weighted by atomic mass is 9.77. The second kappa shape index (κ2) is 8.97. The quantitative estimate of drug-likeness (QED) is 0.327. The highest BCUT2D eigenvalue weighted by atomic mass is 35.5. The number of fused-ring (bicyclic) bond motifs is 4. The number of carbonyl (C=O) groups is 1. The maximum atomic E-state index is 13.6. The first-order valence-corrected chi connectivity index (χ1v) is 12.8. The molecule has 3 aromatic rings. The summed E-state index contributed by atoms with van der Waals surface area (Å²) in [6.45, 7) is 0.698. The Bertz CT molecular complexity index is 1400. The topological polar surface area (TPSA) is 84.7 Å². The molecule has 1 amide bonds. The van der Waals surface area contributed by atoms with Crippen molar-refractivity contribution < 1.29 is 18.8 Å². The van der Waals surface area contributed by atoms with Gasteiger partial charge < -0.3 is 10.1 Å². The van der Waals surface area contributed by atoms with Crippen LogP contribution in [0.4, 0.5) is 10.1 Å². The van der Waals surface area contributed by atoms with E-state index in [1.807, 2.05) is 4.90 Å². The number of nitro groups is 1. The Morgan fingerprint density at radius 2 is 1.84 bits per heavy atom. The van der Waals surface area contributed by atoms with E-state index in [9.17, 15) is 19.3 Å². The fraction of sp³-hybridized carbons (Fsp3) is 0.296. The zero-order valence-electron chi connectivity index (χ0n) is 19.5. The summed E-state index contributed by atoms with van der Waals surface area (Å²) in [7, 11) is 0. The van der Waals surface area contributed by atoms with Gasteiger partial charge >= 0.3 is 0 Å². The lowest BCUT2D eigenvalue weighted by molar-refractivity contribution is -0.534. The normalized spacial score (nSPS) is 26.2. The van der Waals surface area contributed by atoms with Gasteiger partial charge in [-0.05, 0) is 54.3 Å². The van der Waals surface area contributed by atoms with E-state index in [0.29, 0.717) is 29.8 Å². The van der Waals surface area contributed by atoms with E-state index in [4.69, 9.17) is 27.9 Å². The number of amides is 1. The summed E-state index contributed by atoms with van der Waals surface area (Å²) in [5.41, 5.74) is 1.15. The minimum Gasteiger partial charge on any atom is -0.486 e. The Kier molecular flexibility index (Phi) is 5.86. The van der Waals surface area contributed by atoms with Gasteiger partial charge in [0.2, 0.25) is 0 Å². The van der Waals surface area contributed by atoms with E-state index in [2.05, 4.69) is 5.32 Å². The summed E-state index contributed by atoms with van der Waals surface area (Å²) >= 11 is 13.2. The largest absolute Gasteiger partial charge is 0.486 e. The van der Waals surface area contributed by atoms with Gasteiger partial charge in [-0.1, -0.05) is 53.5 Å². The molecule has 2 saturated heterocycles. The molecule has 4 atom stereocenters. The number of carbonyl (C=O) groups excluding carboxylic acids is 1. The average Bonchev–Trinajstić information content (AvgIpc) is 3.53. The van der Waals surface area contributed by atoms with Crippen LogP contribution in [0.5, 0.6) is 5.75 Å². The predicted octanol–water partition coefficient (Wildman–Crippen LogP) is 5.77. The third-order valence-corrected chi connectivity index (χ3v) is 8.36. The van der Waals surface area contributed by atoms with Crippen molar-refractivity contribution in [3.63, 3.8) is 0 Å². The summed E-state index contributed by atoms with van der Waals surface area (Å²) < 4.78 is 19.0. The molecule has 2 fully saturated rings. The minimum absolute atomic E-state index is 0.122. The zero-order valence-corrected chi connectivity index (χ0v) is 21.0. The van der Waals surface area contributed by atoms with E-state index in [1.165, 1.54) is 12.1 Å². The molecular weight excluding hydrogens is 520 g/mol. The zero-order chi connectivity index (χ0) is 25.9. The Labute approximate surface area is 222 Å². The lowest BCUT2D eigenvalue weighted by Gasteiger charge is -2.32. The molecule has 0 bridgehead atoms. The van der Waals surface area contributed by atoms with Gasteiger partial charge in [0.1, 0.15) is 12.4 Å². The number of hydrogen-bond acceptors (Lipinski definition) is 5. The SMILES string of the molecule is O=C1Nc2ccccc2[C@]12[C@H]([N+](=O)[O-])[C@H](c1cc(Cl)c(OCc3ccc(F)cc3)c(Cl)c1)[C@@H]1CCCN12. The number of halogens is 3. The molecule has 190 valence electrons. The second-order valence-electron chi connectivity index (χ2n) is 9.65. The number of hydrogen-bond donors (Lipinski definition) is 1. The summed E-state index contributed by atoms with van der Waals surface area (Å²) in [6, 6.07) is 14.9. The Balaban J connectivity index is 1.40. The van der Waals surface area contributed by atoms with Gasteiger partial charge in [-0.25, -0.2) is 4.39 Å². The molecule has 0 unspecified atom stereocenters.